The lowest BCUT2D eigenvalue weighted by molar-refractivity contribution is -0.255. The first-order valence-corrected chi connectivity index (χ1v) is 14.9. The first kappa shape index (κ1) is 32.5. The lowest BCUT2D eigenvalue weighted by Crippen LogP contribution is -2.64. The van der Waals surface area contributed by atoms with E-state index in [1.54, 1.807) is 0 Å². The quantitative estimate of drug-likeness (QED) is 0.109. The number of nitrogens with zero attached hydrogens (tertiary/aromatic N) is 3. The monoisotopic (exact) mass is 646 g/mol. The zero-order chi connectivity index (χ0) is 31.1. The number of aliphatic hydroxyl groups excluding tert-OH is 5. The van der Waals surface area contributed by atoms with Crippen LogP contribution in [0.25, 0.3) is 11.2 Å². The van der Waals surface area contributed by atoms with E-state index in [9.17, 15) is 54.0 Å². The van der Waals surface area contributed by atoms with Crippen molar-refractivity contribution in [3.63, 3.8) is 0 Å². The number of carbonyl (C=O) groups is 1. The number of imidazole rings is 1. The van der Waals surface area contributed by atoms with Crippen LogP contribution in [-0.2, 0) is 36.8 Å². The number of nitrogen functional groups attached to an aromatic ring is 1. The largest absolute Gasteiger partial charge is 0.483 e. The predicted octanol–water partition coefficient (Wildman–Crippen LogP) is -4.48. The third kappa shape index (κ3) is 6.87. The van der Waals surface area contributed by atoms with E-state index in [0.29, 0.717) is 0 Å². The molecule has 2 saturated heterocycles. The fourth-order valence-corrected chi connectivity index (χ4v) is 6.44. The summed E-state index contributed by atoms with van der Waals surface area (Å²) >= 11 is 0. The van der Waals surface area contributed by atoms with Gasteiger partial charge in [-0.25, -0.2) is 14.1 Å². The second kappa shape index (κ2) is 12.3. The first-order valence-electron chi connectivity index (χ1n) is 11.9. The van der Waals surface area contributed by atoms with Crippen LogP contribution in [0.4, 0.5) is 5.95 Å². The van der Waals surface area contributed by atoms with Gasteiger partial charge in [-0.2, -0.15) is 9.29 Å². The van der Waals surface area contributed by atoms with Gasteiger partial charge in [0.05, 0.1) is 25.6 Å². The van der Waals surface area contributed by atoms with Crippen molar-refractivity contribution in [1.29, 1.82) is 0 Å². The second-order valence-electron chi connectivity index (χ2n) is 9.17. The maximum absolute atomic E-state index is 12.4. The van der Waals surface area contributed by atoms with Crippen LogP contribution in [-0.4, -0.2) is 123 Å². The molecule has 0 aromatic carbocycles. The first-order chi connectivity index (χ1) is 19.5. The molecule has 0 bridgehead atoms. The highest BCUT2D eigenvalue weighted by Crippen LogP contribution is 2.61. The number of aromatic amines is 1. The molecule has 1 amide bonds. The Morgan fingerprint density at radius 3 is 2.45 bits per heavy atom. The summed E-state index contributed by atoms with van der Waals surface area (Å²) < 4.78 is 49.8. The molecule has 2 aromatic rings. The highest BCUT2D eigenvalue weighted by Gasteiger charge is 2.50. The molecule has 11 N–H and O–H groups in total. The zero-order valence-electron chi connectivity index (χ0n) is 21.3. The Hall–Kier alpha value is -2.40. The highest BCUT2D eigenvalue weighted by atomic mass is 31.3. The number of nitrogens with one attached hydrogen (secondary N) is 2. The summed E-state index contributed by atoms with van der Waals surface area (Å²) in [6.45, 7) is -0.772. The molecule has 2 aliphatic heterocycles. The number of phosphoric ester groups is 2. The molecule has 22 nitrogen and oxygen atoms in total. The van der Waals surface area contributed by atoms with E-state index < -0.39 is 95.5 Å². The average molecular weight is 646 g/mol. The number of aliphatic hydroxyl groups is 5. The summed E-state index contributed by atoms with van der Waals surface area (Å²) in [5.74, 6) is -0.941. The highest BCUT2D eigenvalue weighted by molar-refractivity contribution is 7.61. The smallest absolute Gasteiger partial charge is 0.394 e. The van der Waals surface area contributed by atoms with Crippen molar-refractivity contribution in [3.05, 3.63) is 16.7 Å². The van der Waals surface area contributed by atoms with Crippen LogP contribution in [0.5, 0.6) is 0 Å². The van der Waals surface area contributed by atoms with Gasteiger partial charge in [-0.3, -0.25) is 28.2 Å². The van der Waals surface area contributed by atoms with Gasteiger partial charge in [0.25, 0.3) is 5.56 Å². The minimum absolute atomic E-state index is 0.118. The lowest BCUT2D eigenvalue weighted by Gasteiger charge is -2.42. The zero-order valence-corrected chi connectivity index (χ0v) is 23.1. The van der Waals surface area contributed by atoms with Crippen molar-refractivity contribution in [3.8, 4) is 0 Å². The Labute approximate surface area is 233 Å². The van der Waals surface area contributed by atoms with Crippen LogP contribution >= 0.6 is 15.6 Å². The SMILES string of the molecule is CC(=O)N[C@H]1[C@H](O)[C@H](O)[C@@H](OP(=O)(O)OP(=O)(O)OC[C@H]2O[C@@H](n3cnc4c(=O)[nH]c(N)nc43)[C@H](O)[C@@H]2O)O[C@@H]1CO. The number of hydrogen-bond acceptors (Lipinski definition) is 17. The van der Waals surface area contributed by atoms with E-state index in [1.807, 2.05) is 0 Å². The third-order valence-electron chi connectivity index (χ3n) is 6.16. The number of carbonyl (C=O) groups excluding carboxylic acids is 1. The number of fused-ring (bicyclic) bond motifs is 1. The molecular weight excluding hydrogens is 618 g/mol. The molecule has 0 saturated carbocycles. The maximum atomic E-state index is 12.4. The summed E-state index contributed by atoms with van der Waals surface area (Å²) in [4.78, 5) is 53.3. The number of ether oxygens (including phenoxy) is 2. The molecule has 236 valence electrons. The Balaban J connectivity index is 1.39. The Kier molecular flexibility index (Phi) is 9.52. The molecule has 0 spiro atoms. The van der Waals surface area contributed by atoms with Gasteiger partial charge in [0.1, 0.15) is 36.6 Å². The molecule has 4 heterocycles. The number of nitrogens with two attached hydrogens (primary N) is 1. The van der Waals surface area contributed by atoms with Crippen LogP contribution in [0.1, 0.15) is 13.2 Å². The lowest BCUT2D eigenvalue weighted by atomic mass is 9.96. The number of aromatic nitrogens is 4. The van der Waals surface area contributed by atoms with Gasteiger partial charge in [-0.15, -0.1) is 0 Å². The molecular formula is C18H28N6O16P2. The molecule has 0 radical (unpaired) electrons. The summed E-state index contributed by atoms with van der Waals surface area (Å²) in [5, 5.41) is 53.0. The molecule has 2 fully saturated rings. The number of H-pyrrole nitrogens is 1. The van der Waals surface area contributed by atoms with Crippen LogP contribution in [0.15, 0.2) is 11.1 Å². The molecule has 0 aliphatic carbocycles. The summed E-state index contributed by atoms with van der Waals surface area (Å²) in [6, 6.07) is -1.35. The van der Waals surface area contributed by atoms with Gasteiger partial charge in [-0.1, -0.05) is 0 Å². The third-order valence-corrected chi connectivity index (χ3v) is 8.76. The Bertz CT molecular complexity index is 1450. The van der Waals surface area contributed by atoms with Gasteiger partial charge < -0.3 is 55.8 Å². The van der Waals surface area contributed by atoms with E-state index in [0.717, 1.165) is 17.8 Å². The van der Waals surface area contributed by atoms with E-state index in [1.165, 1.54) is 0 Å². The van der Waals surface area contributed by atoms with E-state index in [-0.39, 0.29) is 17.1 Å². The molecule has 42 heavy (non-hydrogen) atoms. The minimum atomic E-state index is -5.63. The van der Waals surface area contributed by atoms with E-state index in [4.69, 9.17) is 15.2 Å². The second-order valence-corrected chi connectivity index (χ2v) is 12.2. The van der Waals surface area contributed by atoms with Crippen molar-refractivity contribution in [1.82, 2.24) is 24.8 Å². The fourth-order valence-electron chi connectivity index (χ4n) is 4.29. The van der Waals surface area contributed by atoms with Crippen molar-refractivity contribution in [2.45, 2.75) is 62.1 Å². The molecule has 24 heteroatoms. The minimum Gasteiger partial charge on any atom is -0.394 e. The summed E-state index contributed by atoms with van der Waals surface area (Å²) in [6.07, 6.45) is -13.0. The van der Waals surface area contributed by atoms with Crippen molar-refractivity contribution in [2.24, 2.45) is 0 Å². The molecule has 2 unspecified atom stereocenters. The van der Waals surface area contributed by atoms with Gasteiger partial charge in [-0.05, 0) is 0 Å². The average Bonchev–Trinajstić information content (AvgIpc) is 3.42. The normalized spacial score (nSPS) is 34.6. The number of amides is 1. The van der Waals surface area contributed by atoms with Crippen molar-refractivity contribution < 1.29 is 72.1 Å². The van der Waals surface area contributed by atoms with Crippen molar-refractivity contribution >= 4 is 38.7 Å². The number of hydrogen-bond donors (Lipinski definition) is 10. The molecule has 2 aromatic heterocycles. The van der Waals surface area contributed by atoms with Gasteiger partial charge in [0.15, 0.2) is 23.7 Å². The number of rotatable bonds is 10. The number of anilines is 1. The number of phosphoric acid groups is 2. The van der Waals surface area contributed by atoms with Gasteiger partial charge in [0, 0.05) is 6.92 Å². The van der Waals surface area contributed by atoms with Crippen LogP contribution in [0.3, 0.4) is 0 Å². The van der Waals surface area contributed by atoms with Gasteiger partial charge >= 0.3 is 15.6 Å². The van der Waals surface area contributed by atoms with Crippen LogP contribution < -0.4 is 16.6 Å². The summed E-state index contributed by atoms with van der Waals surface area (Å²) in [5.41, 5.74) is 4.55. The van der Waals surface area contributed by atoms with E-state index >= 15 is 0 Å². The van der Waals surface area contributed by atoms with Gasteiger partial charge in [0.2, 0.25) is 11.9 Å². The Morgan fingerprint density at radius 1 is 1.12 bits per heavy atom. The molecule has 4 rings (SSSR count). The standard InChI is InChI=1S/C18H28N6O16P2/c1-5(26)21-8-6(2-25)38-17(13(30)11(8)28)39-42(34,35)40-41(32,33)36-3-7-10(27)12(29)16(37-7)24-4-20-9-14(24)22-18(19)23-15(9)31/h4,6-8,10-13,16-17,25,27-30H,2-3H2,1H3,(H,21,26)(H,32,33)(H,34,35)(H3,19,22,23,31)/t6-,7-,8-,10-,11+,12-,13+,16-,17-/m1/s1. The van der Waals surface area contributed by atoms with Crippen LogP contribution in [0.2, 0.25) is 0 Å². The molecule has 11 atom stereocenters. The Morgan fingerprint density at radius 2 is 1.81 bits per heavy atom. The molecule has 2 aliphatic rings. The van der Waals surface area contributed by atoms with Crippen LogP contribution in [0, 0.1) is 0 Å². The fraction of sp³-hybridized carbons (Fsp3) is 0.667. The maximum Gasteiger partial charge on any atom is 0.483 e. The van der Waals surface area contributed by atoms with E-state index in [2.05, 4.69) is 33.6 Å². The van der Waals surface area contributed by atoms with Crippen molar-refractivity contribution in [2.75, 3.05) is 18.9 Å². The predicted molar refractivity (Wildman–Crippen MR) is 132 cm³/mol. The summed E-state index contributed by atoms with van der Waals surface area (Å²) in [7, 11) is -11.1. The topological polar surface area (TPSA) is 341 Å².